The van der Waals surface area contributed by atoms with Gasteiger partial charge in [-0.3, -0.25) is 28.5 Å². The Bertz CT molecular complexity index is 1340. The number of rotatable bonds is 46. The number of unbranched alkanes of at least 4 members (excludes halogenated alkanes) is 28. The van der Waals surface area contributed by atoms with Gasteiger partial charge in [-0.05, 0) is 19.3 Å². The number of ether oxygens (including phenoxy) is 2. The highest BCUT2D eigenvalue weighted by Gasteiger charge is 2.33. The number of hydrogen-bond acceptors (Lipinski definition) is 11. The molecule has 3 amide bonds. The van der Waals surface area contributed by atoms with Crippen LogP contribution in [0.1, 0.15) is 258 Å². The van der Waals surface area contributed by atoms with E-state index in [-0.39, 0.29) is 58.0 Å². The normalized spacial score (nSPS) is 13.8. The number of carbonyl (C=O) groups is 6. The van der Waals surface area contributed by atoms with Gasteiger partial charge < -0.3 is 29.4 Å². The maximum Gasteiger partial charge on any atom is 0.469 e. The second kappa shape index (κ2) is 41.1. The van der Waals surface area contributed by atoms with Crippen molar-refractivity contribution in [2.45, 2.75) is 270 Å². The van der Waals surface area contributed by atoms with Crippen molar-refractivity contribution in [1.29, 1.82) is 0 Å². The number of phosphoric acid groups is 1. The average molecular weight is 959 g/mol. The van der Waals surface area contributed by atoms with E-state index in [0.29, 0.717) is 17.9 Å². The molecule has 0 spiro atoms. The molecule has 1 heterocycles. The van der Waals surface area contributed by atoms with Crippen LogP contribution in [0.15, 0.2) is 0 Å². The van der Waals surface area contributed by atoms with Gasteiger partial charge in [-0.15, -0.1) is 5.06 Å². The van der Waals surface area contributed by atoms with E-state index < -0.39 is 62.2 Å². The molecule has 0 aromatic rings. The lowest BCUT2D eigenvalue weighted by Gasteiger charge is -2.25. The van der Waals surface area contributed by atoms with Crippen molar-refractivity contribution in [3.63, 3.8) is 0 Å². The molecule has 15 nitrogen and oxygen atoms in total. The van der Waals surface area contributed by atoms with Crippen LogP contribution in [0.3, 0.4) is 0 Å². The van der Waals surface area contributed by atoms with Gasteiger partial charge in [0.25, 0.3) is 11.8 Å². The Balaban J connectivity index is 2.60. The number of amides is 3. The minimum Gasteiger partial charge on any atom is -0.462 e. The standard InChI is InChI=1S/C50H91N2O13P/c1-3-5-7-9-11-13-15-17-19-21-23-25-27-29-31-35-48(56)62-42-44(64-49(57)36-32-30-28-26-24-22-20-18-16-14-12-10-8-6-4-2)40-43(41-63-66(59,60)61)51-45(53)34-33-37-50(58)65-52-46(54)38-39-47(52)55/h43-44H,3-42H2,1-2H3,(H,51,53)(H2,59,60,61)/t43?,44-/m1/s1. The molecule has 1 aliphatic heterocycles. The molecule has 16 heteroatoms. The molecule has 1 aliphatic rings. The van der Waals surface area contributed by atoms with Gasteiger partial charge in [0.2, 0.25) is 5.91 Å². The van der Waals surface area contributed by atoms with Gasteiger partial charge in [0.05, 0.1) is 12.6 Å². The first kappa shape index (κ1) is 61.1. The highest BCUT2D eigenvalue weighted by molar-refractivity contribution is 7.46. The number of carbonyl (C=O) groups excluding carboxylic acids is 6. The second-order valence-corrected chi connectivity index (χ2v) is 19.6. The minimum absolute atomic E-state index is 0.0262. The van der Waals surface area contributed by atoms with E-state index in [1.54, 1.807) is 0 Å². The molecule has 0 aromatic carbocycles. The van der Waals surface area contributed by atoms with Crippen molar-refractivity contribution < 1.29 is 62.0 Å². The monoisotopic (exact) mass is 959 g/mol. The summed E-state index contributed by atoms with van der Waals surface area (Å²) in [5, 5.41) is 3.04. The lowest BCUT2D eigenvalue weighted by Crippen LogP contribution is -2.42. The van der Waals surface area contributed by atoms with Crippen LogP contribution < -0.4 is 5.32 Å². The maximum atomic E-state index is 13.1. The van der Waals surface area contributed by atoms with E-state index in [1.807, 2.05) is 0 Å². The van der Waals surface area contributed by atoms with Crippen LogP contribution in [0.5, 0.6) is 0 Å². The van der Waals surface area contributed by atoms with Crippen molar-refractivity contribution in [1.82, 2.24) is 10.4 Å². The largest absolute Gasteiger partial charge is 0.469 e. The molecule has 66 heavy (non-hydrogen) atoms. The number of nitrogens with one attached hydrogen (secondary N) is 1. The van der Waals surface area contributed by atoms with Crippen LogP contribution in [-0.4, -0.2) is 75.8 Å². The topological polar surface area (TPSA) is 212 Å². The Kier molecular flexibility index (Phi) is 38.1. The Morgan fingerprint density at radius 1 is 0.530 bits per heavy atom. The molecular formula is C50H91N2O13P. The summed E-state index contributed by atoms with van der Waals surface area (Å²) in [7, 11) is -4.97. The van der Waals surface area contributed by atoms with E-state index in [4.69, 9.17) is 18.8 Å². The number of hydroxylamine groups is 2. The zero-order valence-electron chi connectivity index (χ0n) is 41.2. The molecule has 1 fully saturated rings. The van der Waals surface area contributed by atoms with E-state index in [1.165, 1.54) is 141 Å². The van der Waals surface area contributed by atoms with Gasteiger partial charge in [-0.25, -0.2) is 9.36 Å². The van der Waals surface area contributed by atoms with Gasteiger partial charge in [0.1, 0.15) is 12.7 Å². The zero-order chi connectivity index (χ0) is 48.5. The maximum absolute atomic E-state index is 13.1. The van der Waals surface area contributed by atoms with Crippen molar-refractivity contribution in [2.24, 2.45) is 0 Å². The number of phosphoric ester groups is 1. The molecular weight excluding hydrogens is 868 g/mol. The quantitative estimate of drug-likeness (QED) is 0.0224. The van der Waals surface area contributed by atoms with Crippen LogP contribution in [0.2, 0.25) is 0 Å². The van der Waals surface area contributed by atoms with E-state index in [2.05, 4.69) is 19.2 Å². The van der Waals surface area contributed by atoms with E-state index >= 15 is 0 Å². The molecule has 2 atom stereocenters. The third-order valence-corrected chi connectivity index (χ3v) is 12.5. The van der Waals surface area contributed by atoms with Gasteiger partial charge >= 0.3 is 25.7 Å². The molecule has 1 unspecified atom stereocenters. The summed E-state index contributed by atoms with van der Waals surface area (Å²) in [4.78, 5) is 98.2. The Morgan fingerprint density at radius 3 is 1.32 bits per heavy atom. The van der Waals surface area contributed by atoms with Crippen LogP contribution in [0.4, 0.5) is 0 Å². The third kappa shape index (κ3) is 37.2. The van der Waals surface area contributed by atoms with Crippen LogP contribution in [-0.2, 0) is 52.2 Å². The molecule has 0 radical (unpaired) electrons. The van der Waals surface area contributed by atoms with E-state index in [9.17, 15) is 43.1 Å². The fourth-order valence-electron chi connectivity index (χ4n) is 8.11. The fourth-order valence-corrected chi connectivity index (χ4v) is 8.48. The number of hydrogen-bond donors (Lipinski definition) is 3. The first-order valence-corrected chi connectivity index (χ1v) is 27.8. The summed E-state index contributed by atoms with van der Waals surface area (Å²) in [6.07, 6.45) is 34.3. The molecule has 0 bridgehead atoms. The Morgan fingerprint density at radius 2 is 0.909 bits per heavy atom. The summed E-state index contributed by atoms with van der Waals surface area (Å²) in [5.74, 6) is -3.70. The van der Waals surface area contributed by atoms with Crippen LogP contribution in [0, 0.1) is 0 Å². The van der Waals surface area contributed by atoms with E-state index in [0.717, 1.165) is 38.5 Å². The van der Waals surface area contributed by atoms with Crippen LogP contribution in [0.25, 0.3) is 0 Å². The first-order valence-electron chi connectivity index (χ1n) is 26.3. The average Bonchev–Trinajstić information content (AvgIpc) is 3.59. The van der Waals surface area contributed by atoms with Gasteiger partial charge in [0, 0.05) is 44.9 Å². The molecule has 0 saturated carbocycles. The lowest BCUT2D eigenvalue weighted by molar-refractivity contribution is -0.197. The van der Waals surface area contributed by atoms with Gasteiger partial charge in [-0.2, -0.15) is 0 Å². The predicted octanol–water partition coefficient (Wildman–Crippen LogP) is 11.7. The molecule has 1 rings (SSSR count). The summed E-state index contributed by atoms with van der Waals surface area (Å²) >= 11 is 0. The van der Waals surface area contributed by atoms with Gasteiger partial charge in [0.15, 0.2) is 0 Å². The minimum atomic E-state index is -4.97. The summed E-state index contributed by atoms with van der Waals surface area (Å²) in [6, 6.07) is -1.07. The Labute approximate surface area is 397 Å². The van der Waals surface area contributed by atoms with Gasteiger partial charge in [-0.1, -0.05) is 194 Å². The zero-order valence-corrected chi connectivity index (χ0v) is 42.1. The summed E-state index contributed by atoms with van der Waals surface area (Å²) in [5.41, 5.74) is 0. The molecule has 1 saturated heterocycles. The lowest BCUT2D eigenvalue weighted by atomic mass is 10.0. The Hall–Kier alpha value is -2.87. The highest BCUT2D eigenvalue weighted by atomic mass is 31.2. The number of imide groups is 1. The fraction of sp³-hybridized carbons (Fsp3) is 0.880. The number of nitrogens with zero attached hydrogens (tertiary/aromatic N) is 1. The third-order valence-electron chi connectivity index (χ3n) is 12.0. The molecule has 0 aliphatic carbocycles. The first-order chi connectivity index (χ1) is 31.8. The smallest absolute Gasteiger partial charge is 0.462 e. The molecule has 384 valence electrons. The highest BCUT2D eigenvalue weighted by Crippen LogP contribution is 2.36. The van der Waals surface area contributed by atoms with Crippen LogP contribution >= 0.6 is 7.82 Å². The molecule has 0 aromatic heterocycles. The van der Waals surface area contributed by atoms with Crippen molar-refractivity contribution in [3.05, 3.63) is 0 Å². The summed E-state index contributed by atoms with van der Waals surface area (Å²) < 4.78 is 27.6. The van der Waals surface area contributed by atoms with Crippen molar-refractivity contribution in [2.75, 3.05) is 13.2 Å². The predicted molar refractivity (Wildman–Crippen MR) is 256 cm³/mol. The summed E-state index contributed by atoms with van der Waals surface area (Å²) in [6.45, 7) is 3.52. The second-order valence-electron chi connectivity index (χ2n) is 18.4. The van der Waals surface area contributed by atoms with Crippen molar-refractivity contribution in [3.8, 4) is 0 Å². The SMILES string of the molecule is CCCCCCCCCCCCCCCCCC(=O)OC[C@@H](CC(COP(=O)(O)O)NC(=O)CCCC(=O)ON1C(=O)CCC1=O)OC(=O)CCCCCCCCCCCCCCCCC. The molecule has 3 N–H and O–H groups in total. The van der Waals surface area contributed by atoms with Crippen molar-refractivity contribution >= 4 is 43.5 Å². The number of esters is 2.